The van der Waals surface area contributed by atoms with Gasteiger partial charge in [-0.2, -0.15) is 0 Å². The van der Waals surface area contributed by atoms with Gasteiger partial charge in [-0.05, 0) is 18.9 Å². The van der Waals surface area contributed by atoms with E-state index < -0.39 is 5.97 Å². The van der Waals surface area contributed by atoms with Crippen molar-refractivity contribution in [2.24, 2.45) is 5.92 Å². The van der Waals surface area contributed by atoms with Gasteiger partial charge in [0.25, 0.3) is 5.91 Å². The van der Waals surface area contributed by atoms with Crippen LogP contribution in [0.25, 0.3) is 0 Å². The summed E-state index contributed by atoms with van der Waals surface area (Å²) in [5, 5.41) is 2.66. The summed E-state index contributed by atoms with van der Waals surface area (Å²) in [6.45, 7) is 5.88. The van der Waals surface area contributed by atoms with E-state index in [-0.39, 0.29) is 18.1 Å². The van der Waals surface area contributed by atoms with E-state index in [0.29, 0.717) is 23.8 Å². The largest absolute Gasteiger partial charge is 0.452 e. The molecule has 0 radical (unpaired) electrons. The van der Waals surface area contributed by atoms with Crippen LogP contribution in [0.2, 0.25) is 0 Å². The number of amides is 1. The van der Waals surface area contributed by atoms with Gasteiger partial charge in [-0.15, -0.1) is 0 Å². The van der Waals surface area contributed by atoms with Gasteiger partial charge in [0, 0.05) is 6.54 Å². The summed E-state index contributed by atoms with van der Waals surface area (Å²) in [7, 11) is 0. The molecule has 19 heavy (non-hydrogen) atoms. The quantitative estimate of drug-likeness (QED) is 0.771. The third-order valence-corrected chi connectivity index (χ3v) is 2.37. The Morgan fingerprint density at radius 3 is 2.79 bits per heavy atom. The Bertz CT molecular complexity index is 472. The van der Waals surface area contributed by atoms with E-state index in [2.05, 4.69) is 10.3 Å². The highest BCUT2D eigenvalue weighted by atomic mass is 16.5. The van der Waals surface area contributed by atoms with Crippen molar-refractivity contribution in [2.45, 2.75) is 20.8 Å². The number of hydrogen-bond donors (Lipinski definition) is 2. The molecule has 1 aromatic rings. The molecule has 6 nitrogen and oxygen atoms in total. The lowest BCUT2D eigenvalue weighted by Gasteiger charge is -2.09. The van der Waals surface area contributed by atoms with E-state index in [1.165, 1.54) is 12.3 Å². The fourth-order valence-corrected chi connectivity index (χ4v) is 1.33. The maximum Gasteiger partial charge on any atom is 0.340 e. The van der Waals surface area contributed by atoms with Crippen LogP contribution in [0, 0.1) is 12.8 Å². The summed E-state index contributed by atoms with van der Waals surface area (Å²) < 4.78 is 4.91. The lowest BCUT2D eigenvalue weighted by atomic mass is 10.2. The predicted molar refractivity (Wildman–Crippen MR) is 71.5 cm³/mol. The van der Waals surface area contributed by atoms with Crippen molar-refractivity contribution in [1.29, 1.82) is 0 Å². The molecule has 104 valence electrons. The molecule has 1 rings (SSSR count). The second-order valence-corrected chi connectivity index (χ2v) is 4.68. The molecule has 0 aliphatic rings. The summed E-state index contributed by atoms with van der Waals surface area (Å²) in [5.74, 6) is -0.575. The molecule has 0 aliphatic carbocycles. The molecular weight excluding hydrogens is 246 g/mol. The molecule has 0 bridgehead atoms. The van der Waals surface area contributed by atoms with Crippen molar-refractivity contribution in [1.82, 2.24) is 10.3 Å². The summed E-state index contributed by atoms with van der Waals surface area (Å²) in [5.41, 5.74) is 6.72. The number of ether oxygens (including phenoxy) is 1. The minimum absolute atomic E-state index is 0.275. The standard InChI is InChI=1S/C13H19N3O3/c1-8(2)5-16-12(17)7-19-13(18)11-4-10(14)6-15-9(11)3/h4,6,8H,5,7,14H2,1-3H3,(H,16,17). The Kier molecular flexibility index (Phi) is 5.29. The number of aryl methyl sites for hydroxylation is 1. The highest BCUT2D eigenvalue weighted by Crippen LogP contribution is 2.10. The first-order chi connectivity index (χ1) is 8.90. The zero-order valence-electron chi connectivity index (χ0n) is 11.4. The van der Waals surface area contributed by atoms with Crippen molar-refractivity contribution >= 4 is 17.6 Å². The third-order valence-electron chi connectivity index (χ3n) is 2.37. The highest BCUT2D eigenvalue weighted by molar-refractivity contribution is 5.93. The molecule has 0 atom stereocenters. The van der Waals surface area contributed by atoms with Crippen molar-refractivity contribution in [2.75, 3.05) is 18.9 Å². The minimum atomic E-state index is -0.600. The maximum atomic E-state index is 11.8. The van der Waals surface area contributed by atoms with Crippen LogP contribution in [-0.4, -0.2) is 30.0 Å². The van der Waals surface area contributed by atoms with Gasteiger partial charge in [0.15, 0.2) is 6.61 Å². The zero-order valence-corrected chi connectivity index (χ0v) is 11.4. The number of nitrogen functional groups attached to an aromatic ring is 1. The van der Waals surface area contributed by atoms with Gasteiger partial charge >= 0.3 is 5.97 Å². The second-order valence-electron chi connectivity index (χ2n) is 4.68. The van der Waals surface area contributed by atoms with E-state index in [9.17, 15) is 9.59 Å². The molecule has 0 fully saturated rings. The summed E-state index contributed by atoms with van der Waals surface area (Å²) in [6.07, 6.45) is 1.46. The molecule has 0 spiro atoms. The lowest BCUT2D eigenvalue weighted by Crippen LogP contribution is -2.31. The summed E-state index contributed by atoms with van der Waals surface area (Å²) >= 11 is 0. The van der Waals surface area contributed by atoms with E-state index >= 15 is 0 Å². The lowest BCUT2D eigenvalue weighted by molar-refractivity contribution is -0.124. The molecule has 1 aromatic heterocycles. The van der Waals surface area contributed by atoms with Crippen LogP contribution < -0.4 is 11.1 Å². The van der Waals surface area contributed by atoms with Crippen LogP contribution in [-0.2, 0) is 9.53 Å². The monoisotopic (exact) mass is 265 g/mol. The van der Waals surface area contributed by atoms with Gasteiger partial charge in [0.05, 0.1) is 23.1 Å². The number of esters is 1. The fourth-order valence-electron chi connectivity index (χ4n) is 1.33. The van der Waals surface area contributed by atoms with Crippen LogP contribution in [0.15, 0.2) is 12.3 Å². The molecule has 6 heteroatoms. The Morgan fingerprint density at radius 1 is 1.47 bits per heavy atom. The van der Waals surface area contributed by atoms with Crippen LogP contribution in [0.5, 0.6) is 0 Å². The zero-order chi connectivity index (χ0) is 14.4. The van der Waals surface area contributed by atoms with Crippen molar-refractivity contribution in [3.63, 3.8) is 0 Å². The molecule has 1 heterocycles. The number of rotatable bonds is 5. The Balaban J connectivity index is 2.51. The molecule has 1 amide bonds. The van der Waals surface area contributed by atoms with Crippen LogP contribution in [0.1, 0.15) is 29.9 Å². The third kappa shape index (κ3) is 4.95. The van der Waals surface area contributed by atoms with Gasteiger partial charge in [-0.1, -0.05) is 13.8 Å². The van der Waals surface area contributed by atoms with E-state index in [0.717, 1.165) is 0 Å². The van der Waals surface area contributed by atoms with Crippen LogP contribution >= 0.6 is 0 Å². The number of pyridine rings is 1. The molecule has 0 aliphatic heterocycles. The van der Waals surface area contributed by atoms with Gasteiger partial charge in [0.1, 0.15) is 0 Å². The molecule has 0 aromatic carbocycles. The number of nitrogens with zero attached hydrogens (tertiary/aromatic N) is 1. The van der Waals surface area contributed by atoms with E-state index in [1.807, 2.05) is 13.8 Å². The SMILES string of the molecule is Cc1ncc(N)cc1C(=O)OCC(=O)NCC(C)C. The summed E-state index contributed by atoms with van der Waals surface area (Å²) in [4.78, 5) is 27.1. The van der Waals surface area contributed by atoms with Gasteiger partial charge < -0.3 is 15.8 Å². The molecular formula is C13H19N3O3. The fraction of sp³-hybridized carbons (Fsp3) is 0.462. The van der Waals surface area contributed by atoms with Gasteiger partial charge in [-0.3, -0.25) is 9.78 Å². The topological polar surface area (TPSA) is 94.3 Å². The van der Waals surface area contributed by atoms with Crippen molar-refractivity contribution in [3.05, 3.63) is 23.5 Å². The minimum Gasteiger partial charge on any atom is -0.452 e. The molecule has 0 saturated heterocycles. The van der Waals surface area contributed by atoms with Gasteiger partial charge in [-0.25, -0.2) is 4.79 Å². The predicted octanol–water partition coefficient (Wildman–Crippen LogP) is 0.901. The van der Waals surface area contributed by atoms with Crippen molar-refractivity contribution in [3.8, 4) is 0 Å². The van der Waals surface area contributed by atoms with Crippen LogP contribution in [0.3, 0.4) is 0 Å². The molecule has 0 saturated carbocycles. The van der Waals surface area contributed by atoms with Gasteiger partial charge in [0.2, 0.25) is 0 Å². The Labute approximate surface area is 112 Å². The summed E-state index contributed by atoms with van der Waals surface area (Å²) in [6, 6.07) is 1.48. The van der Waals surface area contributed by atoms with Crippen molar-refractivity contribution < 1.29 is 14.3 Å². The number of carbonyl (C=O) groups excluding carboxylic acids is 2. The highest BCUT2D eigenvalue weighted by Gasteiger charge is 2.14. The maximum absolute atomic E-state index is 11.8. The Morgan fingerprint density at radius 2 is 2.16 bits per heavy atom. The number of aromatic nitrogens is 1. The number of nitrogens with one attached hydrogen (secondary N) is 1. The average molecular weight is 265 g/mol. The number of nitrogens with two attached hydrogens (primary N) is 1. The number of carbonyl (C=O) groups is 2. The first-order valence-corrected chi connectivity index (χ1v) is 6.06. The molecule has 0 unspecified atom stereocenters. The second kappa shape index (κ2) is 6.72. The number of anilines is 1. The molecule has 3 N–H and O–H groups in total. The smallest absolute Gasteiger partial charge is 0.340 e. The van der Waals surface area contributed by atoms with E-state index in [1.54, 1.807) is 6.92 Å². The average Bonchev–Trinajstić information content (AvgIpc) is 2.36. The first kappa shape index (κ1) is 14.9. The number of hydrogen-bond acceptors (Lipinski definition) is 5. The Hall–Kier alpha value is -2.11. The van der Waals surface area contributed by atoms with Crippen LogP contribution in [0.4, 0.5) is 5.69 Å². The normalized spacial score (nSPS) is 10.3. The van der Waals surface area contributed by atoms with E-state index in [4.69, 9.17) is 10.5 Å². The first-order valence-electron chi connectivity index (χ1n) is 6.06.